The van der Waals surface area contributed by atoms with Gasteiger partial charge in [-0.3, -0.25) is 15.4 Å². The summed E-state index contributed by atoms with van der Waals surface area (Å²) in [5.41, 5.74) is 1.25. The molecule has 0 saturated carbocycles. The summed E-state index contributed by atoms with van der Waals surface area (Å²) in [7, 11) is 2.89. The highest BCUT2D eigenvalue weighted by Gasteiger charge is 2.35. The largest absolute Gasteiger partial charge is 0.466 e. The zero-order valence-corrected chi connectivity index (χ0v) is 12.4. The van der Waals surface area contributed by atoms with Gasteiger partial charge in [0.1, 0.15) is 0 Å². The van der Waals surface area contributed by atoms with Crippen LogP contribution in [0.2, 0.25) is 0 Å². The lowest BCUT2D eigenvalue weighted by Gasteiger charge is -2.38. The van der Waals surface area contributed by atoms with E-state index in [2.05, 4.69) is 5.32 Å². The first kappa shape index (κ1) is 15.9. The lowest BCUT2D eigenvalue weighted by molar-refractivity contribution is -0.384. The average Bonchev–Trinajstić information content (AvgIpc) is 2.51. The Balaban J connectivity index is 2.54. The van der Waals surface area contributed by atoms with Gasteiger partial charge in [-0.25, -0.2) is 4.79 Å². The molecule has 8 heteroatoms. The van der Waals surface area contributed by atoms with Gasteiger partial charge in [0.15, 0.2) is 6.35 Å². The van der Waals surface area contributed by atoms with Crippen LogP contribution in [0, 0.1) is 10.1 Å². The van der Waals surface area contributed by atoms with Crippen LogP contribution in [-0.4, -0.2) is 41.4 Å². The molecule has 1 aliphatic rings. The van der Waals surface area contributed by atoms with E-state index >= 15 is 0 Å². The minimum atomic E-state index is -1.02. The Bertz CT molecular complexity index is 643. The normalized spacial score (nSPS) is 21.7. The number of nitrogens with zero attached hydrogens (tertiary/aromatic N) is 2. The molecule has 22 heavy (non-hydrogen) atoms. The van der Waals surface area contributed by atoms with Crippen molar-refractivity contribution >= 4 is 11.7 Å². The molecule has 2 atom stereocenters. The van der Waals surface area contributed by atoms with Gasteiger partial charge in [0, 0.05) is 24.9 Å². The predicted octanol–water partition coefficient (Wildman–Crippen LogP) is 0.894. The number of nitro groups is 1. The van der Waals surface area contributed by atoms with Crippen LogP contribution in [0.5, 0.6) is 0 Å². The summed E-state index contributed by atoms with van der Waals surface area (Å²) in [6.45, 7) is 1.68. The number of carbonyl (C=O) groups excluding carboxylic acids is 1. The lowest BCUT2D eigenvalue weighted by Crippen LogP contribution is -2.50. The minimum Gasteiger partial charge on any atom is -0.466 e. The molecular formula is C14H17N3O5. The van der Waals surface area contributed by atoms with Gasteiger partial charge < -0.3 is 14.7 Å². The van der Waals surface area contributed by atoms with E-state index in [0.717, 1.165) is 0 Å². The van der Waals surface area contributed by atoms with Crippen LogP contribution in [0.15, 0.2) is 35.5 Å². The number of nitro benzene ring substituents is 1. The van der Waals surface area contributed by atoms with Crippen molar-refractivity contribution in [1.29, 1.82) is 0 Å². The number of aliphatic hydroxyl groups excluding tert-OH is 1. The number of hydrogen-bond donors (Lipinski definition) is 2. The number of hydrogen-bond acceptors (Lipinski definition) is 7. The van der Waals surface area contributed by atoms with Crippen molar-refractivity contribution in [3.8, 4) is 0 Å². The fourth-order valence-corrected chi connectivity index (χ4v) is 2.38. The number of nitrogens with one attached hydrogen (secondary N) is 1. The molecule has 0 saturated heterocycles. The van der Waals surface area contributed by atoms with Gasteiger partial charge >= 0.3 is 5.97 Å². The second kappa shape index (κ2) is 6.12. The molecule has 0 fully saturated rings. The van der Waals surface area contributed by atoms with Crippen LogP contribution in [0.1, 0.15) is 18.5 Å². The maximum Gasteiger partial charge on any atom is 0.337 e. The van der Waals surface area contributed by atoms with Crippen LogP contribution < -0.4 is 5.32 Å². The van der Waals surface area contributed by atoms with E-state index < -0.39 is 23.3 Å². The van der Waals surface area contributed by atoms with Crippen molar-refractivity contribution in [1.82, 2.24) is 10.2 Å². The molecule has 2 rings (SSSR count). The Hall–Kier alpha value is -2.45. The van der Waals surface area contributed by atoms with Crippen LogP contribution in [0.3, 0.4) is 0 Å². The highest BCUT2D eigenvalue weighted by molar-refractivity contribution is 5.91. The van der Waals surface area contributed by atoms with Crippen molar-refractivity contribution in [3.63, 3.8) is 0 Å². The summed E-state index contributed by atoms with van der Waals surface area (Å²) in [6, 6.07) is 5.22. The maximum absolute atomic E-state index is 12.1. The molecule has 0 spiro atoms. The third kappa shape index (κ3) is 2.78. The number of aliphatic hydroxyl groups is 1. The number of non-ortho nitro benzene ring substituents is 1. The summed E-state index contributed by atoms with van der Waals surface area (Å²) in [4.78, 5) is 24.0. The highest BCUT2D eigenvalue weighted by Crippen LogP contribution is 2.32. The monoisotopic (exact) mass is 307 g/mol. The molecular weight excluding hydrogens is 290 g/mol. The molecule has 0 amide bonds. The third-order valence-corrected chi connectivity index (χ3v) is 3.71. The van der Waals surface area contributed by atoms with Gasteiger partial charge in [-0.2, -0.15) is 0 Å². The van der Waals surface area contributed by atoms with Crippen LogP contribution in [0.4, 0.5) is 5.69 Å². The number of ether oxygens (including phenoxy) is 1. The van der Waals surface area contributed by atoms with Crippen molar-refractivity contribution in [3.05, 3.63) is 51.2 Å². The van der Waals surface area contributed by atoms with E-state index in [4.69, 9.17) is 4.74 Å². The van der Waals surface area contributed by atoms with Crippen molar-refractivity contribution in [2.75, 3.05) is 14.2 Å². The molecule has 0 radical (unpaired) electrons. The van der Waals surface area contributed by atoms with E-state index in [-0.39, 0.29) is 5.69 Å². The van der Waals surface area contributed by atoms with E-state index in [1.54, 1.807) is 20.0 Å². The van der Waals surface area contributed by atoms with Gasteiger partial charge in [-0.15, -0.1) is 0 Å². The molecule has 0 unspecified atom stereocenters. The van der Waals surface area contributed by atoms with E-state index in [1.807, 2.05) is 0 Å². The van der Waals surface area contributed by atoms with E-state index in [0.29, 0.717) is 16.8 Å². The summed E-state index contributed by atoms with van der Waals surface area (Å²) in [5.74, 6) is -0.555. The van der Waals surface area contributed by atoms with Crippen molar-refractivity contribution in [2.24, 2.45) is 0 Å². The molecule has 8 nitrogen and oxygen atoms in total. The number of rotatable bonds is 3. The quantitative estimate of drug-likeness (QED) is 0.485. The molecule has 1 aromatic carbocycles. The molecule has 0 aliphatic carbocycles. The number of carbonyl (C=O) groups is 1. The fourth-order valence-electron chi connectivity index (χ4n) is 2.38. The first-order chi connectivity index (χ1) is 10.4. The van der Waals surface area contributed by atoms with Crippen LogP contribution in [0.25, 0.3) is 0 Å². The van der Waals surface area contributed by atoms with Crippen molar-refractivity contribution in [2.45, 2.75) is 19.3 Å². The summed E-state index contributed by atoms with van der Waals surface area (Å²) < 4.78 is 4.79. The SMILES string of the molecule is COC(=O)C1=C(C)N(C)[C@@H](O)N[C@@H]1c1cccc([N+](=O)[O-])c1. The standard InChI is InChI=1S/C14H17N3O5/c1-8-11(13(18)22-3)12(15-14(19)16(8)2)9-5-4-6-10(7-9)17(20)21/h4-7,12,14-15,19H,1-3H3/t12-,14+/m1/s1. The number of esters is 1. The van der Waals surface area contributed by atoms with Gasteiger partial charge in [-0.1, -0.05) is 12.1 Å². The average molecular weight is 307 g/mol. The smallest absolute Gasteiger partial charge is 0.337 e. The molecule has 1 heterocycles. The lowest BCUT2D eigenvalue weighted by atomic mass is 9.94. The number of methoxy groups -OCH3 is 1. The Morgan fingerprint density at radius 2 is 2.18 bits per heavy atom. The van der Waals surface area contributed by atoms with Gasteiger partial charge in [0.25, 0.3) is 5.69 Å². The zero-order chi connectivity index (χ0) is 16.4. The molecule has 1 aliphatic heterocycles. The van der Waals surface area contributed by atoms with Gasteiger partial charge in [0.2, 0.25) is 0 Å². The summed E-state index contributed by atoms with van der Waals surface area (Å²) in [6.07, 6.45) is -1.02. The first-order valence-corrected chi connectivity index (χ1v) is 6.57. The van der Waals surface area contributed by atoms with Gasteiger partial charge in [0.05, 0.1) is 23.6 Å². The summed E-state index contributed by atoms with van der Waals surface area (Å²) >= 11 is 0. The number of benzene rings is 1. The maximum atomic E-state index is 12.1. The molecule has 2 N–H and O–H groups in total. The highest BCUT2D eigenvalue weighted by atomic mass is 16.6. The molecule has 0 bridgehead atoms. The third-order valence-electron chi connectivity index (χ3n) is 3.71. The topological polar surface area (TPSA) is 105 Å². The van der Waals surface area contributed by atoms with E-state index in [9.17, 15) is 20.0 Å². The minimum absolute atomic E-state index is 0.0883. The molecule has 0 aromatic heterocycles. The fraction of sp³-hybridized carbons (Fsp3) is 0.357. The summed E-state index contributed by atoms with van der Waals surface area (Å²) in [5, 5.41) is 23.8. The molecule has 1 aromatic rings. The van der Waals surface area contributed by atoms with Crippen molar-refractivity contribution < 1.29 is 19.6 Å². The Labute approximate surface area is 127 Å². The van der Waals surface area contributed by atoms with Gasteiger partial charge in [-0.05, 0) is 12.5 Å². The Morgan fingerprint density at radius 1 is 1.50 bits per heavy atom. The van der Waals surface area contributed by atoms with Crippen LogP contribution >= 0.6 is 0 Å². The second-order valence-electron chi connectivity index (χ2n) is 4.93. The second-order valence-corrected chi connectivity index (χ2v) is 4.93. The van der Waals surface area contributed by atoms with Crippen LogP contribution in [-0.2, 0) is 9.53 Å². The molecule has 118 valence electrons. The first-order valence-electron chi connectivity index (χ1n) is 6.57. The Kier molecular flexibility index (Phi) is 4.43. The predicted molar refractivity (Wildman–Crippen MR) is 77.5 cm³/mol. The Morgan fingerprint density at radius 3 is 2.77 bits per heavy atom. The van der Waals surface area contributed by atoms with E-state index in [1.165, 1.54) is 30.2 Å². The number of allylic oxidation sites excluding steroid dienone is 1. The zero-order valence-electron chi connectivity index (χ0n) is 12.4.